The van der Waals surface area contributed by atoms with Gasteiger partial charge in [0.25, 0.3) is 11.5 Å². The van der Waals surface area contributed by atoms with Gasteiger partial charge in [-0.1, -0.05) is 0 Å². The van der Waals surface area contributed by atoms with Crippen molar-refractivity contribution < 1.29 is 4.79 Å². The van der Waals surface area contributed by atoms with Gasteiger partial charge in [-0.2, -0.15) is 5.10 Å². The number of carbonyl (C=O) groups excluding carboxylic acids is 1. The summed E-state index contributed by atoms with van der Waals surface area (Å²) >= 11 is 0. The second-order valence-corrected chi connectivity index (χ2v) is 6.44. The first-order valence-corrected chi connectivity index (χ1v) is 8.61. The van der Waals surface area contributed by atoms with Crippen molar-refractivity contribution in [1.29, 1.82) is 0 Å². The molecule has 0 bridgehead atoms. The lowest BCUT2D eigenvalue weighted by molar-refractivity contribution is 0.0727. The summed E-state index contributed by atoms with van der Waals surface area (Å²) in [5.41, 5.74) is 2.19. The van der Waals surface area contributed by atoms with Gasteiger partial charge < -0.3 is 9.47 Å². The SMILES string of the molecule is CCn1nc2c(cc1=O)CN(C(=O)c1cn3c(n1)CCCC3)CC2. The molecule has 0 fully saturated rings. The van der Waals surface area contributed by atoms with Crippen LogP contribution in [-0.4, -0.2) is 36.7 Å². The third kappa shape index (κ3) is 2.53. The molecule has 1 amide bonds. The Bertz CT molecular complexity index is 828. The number of aryl methyl sites for hydroxylation is 3. The van der Waals surface area contributed by atoms with Gasteiger partial charge in [0, 0.05) is 56.8 Å². The summed E-state index contributed by atoms with van der Waals surface area (Å²) in [6.07, 6.45) is 5.77. The van der Waals surface area contributed by atoms with Gasteiger partial charge in [0.15, 0.2) is 0 Å². The fraction of sp³-hybridized carbons (Fsp3) is 0.529. The fourth-order valence-corrected chi connectivity index (χ4v) is 3.52. The van der Waals surface area contributed by atoms with Crippen LogP contribution in [0.25, 0.3) is 0 Å². The first kappa shape index (κ1) is 15.1. The molecule has 2 aromatic heterocycles. The number of rotatable bonds is 2. The van der Waals surface area contributed by atoms with E-state index in [4.69, 9.17) is 0 Å². The van der Waals surface area contributed by atoms with E-state index in [1.165, 1.54) is 4.68 Å². The van der Waals surface area contributed by atoms with Crippen molar-refractivity contribution in [3.63, 3.8) is 0 Å². The highest BCUT2D eigenvalue weighted by molar-refractivity contribution is 5.92. The summed E-state index contributed by atoms with van der Waals surface area (Å²) < 4.78 is 3.57. The molecule has 4 heterocycles. The van der Waals surface area contributed by atoms with Gasteiger partial charge in [-0.3, -0.25) is 9.59 Å². The van der Waals surface area contributed by atoms with Gasteiger partial charge in [0.1, 0.15) is 11.5 Å². The van der Waals surface area contributed by atoms with E-state index in [1.54, 1.807) is 11.0 Å². The molecular formula is C17H21N5O2. The predicted octanol–water partition coefficient (Wildman–Crippen LogP) is 0.994. The summed E-state index contributed by atoms with van der Waals surface area (Å²) in [6.45, 7) is 4.46. The lowest BCUT2D eigenvalue weighted by Gasteiger charge is -2.27. The van der Waals surface area contributed by atoms with Crippen LogP contribution in [0.4, 0.5) is 0 Å². The first-order valence-electron chi connectivity index (χ1n) is 8.61. The lowest BCUT2D eigenvalue weighted by atomic mass is 10.1. The predicted molar refractivity (Wildman–Crippen MR) is 87.8 cm³/mol. The molecule has 0 unspecified atom stereocenters. The molecule has 0 N–H and O–H groups in total. The molecule has 7 nitrogen and oxygen atoms in total. The van der Waals surface area contributed by atoms with Crippen LogP contribution in [0.15, 0.2) is 17.1 Å². The Kier molecular flexibility index (Phi) is 3.70. The number of nitrogens with zero attached hydrogens (tertiary/aromatic N) is 5. The second-order valence-electron chi connectivity index (χ2n) is 6.44. The van der Waals surface area contributed by atoms with Crippen molar-refractivity contribution in [2.24, 2.45) is 0 Å². The Hall–Kier alpha value is -2.44. The maximum atomic E-state index is 12.8. The van der Waals surface area contributed by atoms with E-state index in [-0.39, 0.29) is 11.5 Å². The van der Waals surface area contributed by atoms with Crippen molar-refractivity contribution >= 4 is 5.91 Å². The largest absolute Gasteiger partial charge is 0.334 e. The average Bonchev–Trinajstić information content (AvgIpc) is 3.04. The molecule has 0 radical (unpaired) electrons. The van der Waals surface area contributed by atoms with Crippen LogP contribution < -0.4 is 5.56 Å². The summed E-state index contributed by atoms with van der Waals surface area (Å²) in [5.74, 6) is 0.955. The van der Waals surface area contributed by atoms with Crippen molar-refractivity contribution in [2.75, 3.05) is 6.54 Å². The molecule has 2 aliphatic rings. The van der Waals surface area contributed by atoms with E-state index in [9.17, 15) is 9.59 Å². The number of hydrogen-bond donors (Lipinski definition) is 0. The molecule has 0 saturated carbocycles. The highest BCUT2D eigenvalue weighted by Gasteiger charge is 2.26. The van der Waals surface area contributed by atoms with Gasteiger partial charge in [-0.15, -0.1) is 0 Å². The topological polar surface area (TPSA) is 73.0 Å². The van der Waals surface area contributed by atoms with E-state index >= 15 is 0 Å². The van der Waals surface area contributed by atoms with E-state index in [1.807, 2.05) is 13.1 Å². The third-order valence-electron chi connectivity index (χ3n) is 4.86. The van der Waals surface area contributed by atoms with Crippen molar-refractivity contribution in [2.45, 2.75) is 52.2 Å². The number of hydrogen-bond acceptors (Lipinski definition) is 4. The van der Waals surface area contributed by atoms with Gasteiger partial charge in [-0.25, -0.2) is 9.67 Å². The minimum atomic E-state index is -0.108. The monoisotopic (exact) mass is 327 g/mol. The van der Waals surface area contributed by atoms with Gasteiger partial charge in [-0.05, 0) is 19.8 Å². The number of amides is 1. The van der Waals surface area contributed by atoms with Gasteiger partial charge in [0.2, 0.25) is 0 Å². The van der Waals surface area contributed by atoms with E-state index in [2.05, 4.69) is 14.6 Å². The minimum absolute atomic E-state index is 0.0535. The molecule has 24 heavy (non-hydrogen) atoms. The maximum absolute atomic E-state index is 12.8. The number of fused-ring (bicyclic) bond motifs is 2. The summed E-state index contributed by atoms with van der Waals surface area (Å²) in [6, 6.07) is 1.61. The molecule has 2 aromatic rings. The molecule has 0 aromatic carbocycles. The summed E-state index contributed by atoms with van der Waals surface area (Å²) in [5, 5.41) is 4.40. The zero-order valence-corrected chi connectivity index (χ0v) is 13.9. The third-order valence-corrected chi connectivity index (χ3v) is 4.86. The first-order chi connectivity index (χ1) is 11.7. The van der Waals surface area contributed by atoms with Crippen LogP contribution in [0.2, 0.25) is 0 Å². The Morgan fingerprint density at radius 2 is 2.12 bits per heavy atom. The molecule has 2 aliphatic heterocycles. The average molecular weight is 327 g/mol. The Morgan fingerprint density at radius 1 is 1.25 bits per heavy atom. The summed E-state index contributed by atoms with van der Waals surface area (Å²) in [4.78, 5) is 31.1. The second kappa shape index (κ2) is 5.89. The molecular weight excluding hydrogens is 306 g/mol. The van der Waals surface area contributed by atoms with Crippen molar-refractivity contribution in [3.05, 3.63) is 45.4 Å². The number of carbonyl (C=O) groups is 1. The van der Waals surface area contributed by atoms with E-state index < -0.39 is 0 Å². The normalized spacial score (nSPS) is 16.6. The van der Waals surface area contributed by atoms with Crippen molar-refractivity contribution in [3.8, 4) is 0 Å². The Labute approximate surface area is 139 Å². The zero-order chi connectivity index (χ0) is 16.7. The molecule has 4 rings (SSSR count). The van der Waals surface area contributed by atoms with Gasteiger partial charge >= 0.3 is 0 Å². The molecule has 0 saturated heterocycles. The minimum Gasteiger partial charge on any atom is -0.334 e. The van der Waals surface area contributed by atoms with Crippen LogP contribution in [0, 0.1) is 0 Å². The highest BCUT2D eigenvalue weighted by atomic mass is 16.2. The quantitative estimate of drug-likeness (QED) is 0.825. The lowest BCUT2D eigenvalue weighted by Crippen LogP contribution is -2.38. The molecule has 0 spiro atoms. The van der Waals surface area contributed by atoms with E-state index in [0.29, 0.717) is 31.7 Å². The Morgan fingerprint density at radius 3 is 2.92 bits per heavy atom. The molecule has 7 heteroatoms. The smallest absolute Gasteiger partial charge is 0.274 e. The highest BCUT2D eigenvalue weighted by Crippen LogP contribution is 2.19. The van der Waals surface area contributed by atoms with Crippen molar-refractivity contribution in [1.82, 2.24) is 24.2 Å². The van der Waals surface area contributed by atoms with Crippen LogP contribution >= 0.6 is 0 Å². The van der Waals surface area contributed by atoms with E-state index in [0.717, 1.165) is 42.9 Å². The maximum Gasteiger partial charge on any atom is 0.274 e. The molecule has 0 aliphatic carbocycles. The van der Waals surface area contributed by atoms with Crippen LogP contribution in [-0.2, 0) is 32.5 Å². The fourth-order valence-electron chi connectivity index (χ4n) is 3.52. The summed E-state index contributed by atoms with van der Waals surface area (Å²) in [7, 11) is 0. The number of imidazole rings is 1. The zero-order valence-electron chi connectivity index (χ0n) is 13.9. The Balaban J connectivity index is 1.58. The van der Waals surface area contributed by atoms with Crippen LogP contribution in [0.5, 0.6) is 0 Å². The molecule has 126 valence electrons. The van der Waals surface area contributed by atoms with Crippen LogP contribution in [0.3, 0.4) is 0 Å². The van der Waals surface area contributed by atoms with Gasteiger partial charge in [0.05, 0.1) is 5.69 Å². The standard InChI is InChI=1S/C17H21N5O2/c1-2-22-16(23)9-12-10-21(8-6-13(12)19-22)17(24)14-11-20-7-4-3-5-15(20)18-14/h9,11H,2-8,10H2,1H3. The van der Waals surface area contributed by atoms with Crippen LogP contribution in [0.1, 0.15) is 47.3 Å². The number of aromatic nitrogens is 4. The molecule has 0 atom stereocenters.